The van der Waals surface area contributed by atoms with E-state index in [9.17, 15) is 28.6 Å². The van der Waals surface area contributed by atoms with Crippen LogP contribution in [0.25, 0.3) is 0 Å². The molecule has 3 aromatic rings. The van der Waals surface area contributed by atoms with Gasteiger partial charge in [-0.25, -0.2) is 13.6 Å². The molecule has 1 heterocycles. The van der Waals surface area contributed by atoms with Crippen molar-refractivity contribution in [3.05, 3.63) is 98.1 Å². The molecule has 5 rings (SSSR count). The number of nitro benzene ring substituents is 2. The molecule has 0 aromatic heterocycles. The summed E-state index contributed by atoms with van der Waals surface area (Å²) in [4.78, 5) is 22.5. The number of rotatable bonds is 6. The molecule has 3 N–H and O–H groups in total. The zero-order chi connectivity index (χ0) is 26.5. The van der Waals surface area contributed by atoms with Gasteiger partial charge in [-0.1, -0.05) is 24.3 Å². The minimum Gasteiger partial charge on any atom is -0.378 e. The maximum atomic E-state index is 12.1. The molecule has 1 aliphatic carbocycles. The van der Waals surface area contributed by atoms with Crippen LogP contribution in [0.3, 0.4) is 0 Å². The van der Waals surface area contributed by atoms with Crippen molar-refractivity contribution in [3.63, 3.8) is 0 Å². The number of nitrogens with one attached hydrogen (secondary N) is 1. The van der Waals surface area contributed by atoms with E-state index in [1.54, 1.807) is 36.4 Å². The second kappa shape index (κ2) is 9.60. The molecular weight excluding hydrogens is 540 g/mol. The van der Waals surface area contributed by atoms with Crippen molar-refractivity contribution in [2.24, 2.45) is 11.1 Å². The Kier molecular flexibility index (Phi) is 6.61. The minimum atomic E-state index is -3.97. The Balaban J connectivity index is 1.59. The van der Waals surface area contributed by atoms with E-state index < -0.39 is 25.2 Å². The molecule has 5 atom stereocenters. The maximum Gasteiger partial charge on any atom is 0.282 e. The van der Waals surface area contributed by atoms with Gasteiger partial charge in [-0.3, -0.25) is 20.2 Å². The molecule has 0 radical (unpaired) electrons. The first kappa shape index (κ1) is 25.5. The van der Waals surface area contributed by atoms with E-state index in [1.807, 2.05) is 0 Å². The zero-order valence-electron chi connectivity index (χ0n) is 19.1. The van der Waals surface area contributed by atoms with E-state index in [0.29, 0.717) is 28.1 Å². The van der Waals surface area contributed by atoms with E-state index >= 15 is 0 Å². The summed E-state index contributed by atoms with van der Waals surface area (Å²) in [5.41, 5.74) is 1.98. The largest absolute Gasteiger partial charge is 0.378 e. The van der Waals surface area contributed by atoms with Crippen molar-refractivity contribution in [2.45, 2.75) is 38.8 Å². The number of hydrogen-bond acceptors (Lipinski definition) is 8. The average Bonchev–Trinajstić information content (AvgIpc) is 3.19. The first-order valence-corrected chi connectivity index (χ1v) is 14.1. The molecule has 192 valence electrons. The highest BCUT2D eigenvalue weighted by Gasteiger charge is 2.50. The van der Waals surface area contributed by atoms with Gasteiger partial charge < -0.3 is 5.32 Å². The first-order valence-electron chi connectivity index (χ1n) is 11.3. The van der Waals surface area contributed by atoms with Crippen LogP contribution in [0.4, 0.5) is 17.1 Å². The Morgan fingerprint density at radius 1 is 1.00 bits per heavy atom. The molecule has 1 aliphatic heterocycles. The van der Waals surface area contributed by atoms with Gasteiger partial charge in [0.15, 0.2) is 0 Å². The highest BCUT2D eigenvalue weighted by atomic mass is 35.5. The monoisotopic (exact) mass is 560 g/mol. The number of benzene rings is 3. The average molecular weight is 561 g/mol. The number of thioether (sulfide) groups is 1. The van der Waals surface area contributed by atoms with Gasteiger partial charge in [0.05, 0.1) is 31.1 Å². The van der Waals surface area contributed by atoms with E-state index in [2.05, 4.69) is 5.32 Å². The highest BCUT2D eigenvalue weighted by molar-refractivity contribution is 8.00. The summed E-state index contributed by atoms with van der Waals surface area (Å²) < 4.78 is 24.2. The van der Waals surface area contributed by atoms with Crippen molar-refractivity contribution < 1.29 is 18.3 Å². The topological polar surface area (TPSA) is 158 Å². The SMILES string of the molecule is NS(=O)(=O)c1ccc2c(c1)[C@@H]1[C@H](Cl)[C@H](Sc3ccccc3[N+](=O)[O-])C[C@@H]1[C@H](c1cccc([N+](=O)[O-])c1)N2. The van der Waals surface area contributed by atoms with Crippen LogP contribution in [0.1, 0.15) is 29.5 Å². The van der Waals surface area contributed by atoms with E-state index in [1.165, 1.54) is 42.1 Å². The van der Waals surface area contributed by atoms with Crippen LogP contribution >= 0.6 is 23.4 Å². The summed E-state index contributed by atoms with van der Waals surface area (Å²) in [6, 6.07) is 17.0. The number of nitro groups is 2. The van der Waals surface area contributed by atoms with Crippen LogP contribution in [0, 0.1) is 26.1 Å². The van der Waals surface area contributed by atoms with Crippen LogP contribution in [0.15, 0.2) is 76.5 Å². The molecule has 10 nitrogen and oxygen atoms in total. The third kappa shape index (κ3) is 4.77. The van der Waals surface area contributed by atoms with E-state index in [4.69, 9.17) is 16.7 Å². The molecule has 1 fully saturated rings. The molecular formula is C24H21ClN4O6S2. The van der Waals surface area contributed by atoms with E-state index in [-0.39, 0.29) is 39.4 Å². The normalized spacial score (nSPS) is 24.5. The lowest BCUT2D eigenvalue weighted by molar-refractivity contribution is -0.387. The van der Waals surface area contributed by atoms with Gasteiger partial charge in [-0.15, -0.1) is 23.4 Å². The molecule has 37 heavy (non-hydrogen) atoms. The summed E-state index contributed by atoms with van der Waals surface area (Å²) in [6.07, 6.45) is 0.537. The molecule has 0 unspecified atom stereocenters. The second-order valence-electron chi connectivity index (χ2n) is 9.02. The smallest absolute Gasteiger partial charge is 0.282 e. The molecule has 0 spiro atoms. The Morgan fingerprint density at radius 3 is 2.46 bits per heavy atom. The van der Waals surface area contributed by atoms with Crippen molar-refractivity contribution in [3.8, 4) is 0 Å². The fourth-order valence-electron chi connectivity index (χ4n) is 5.30. The lowest BCUT2D eigenvalue weighted by Crippen LogP contribution is -2.31. The van der Waals surface area contributed by atoms with Crippen molar-refractivity contribution in [1.82, 2.24) is 0 Å². The van der Waals surface area contributed by atoms with Crippen molar-refractivity contribution >= 4 is 50.4 Å². The number of primary sulfonamides is 1. The van der Waals surface area contributed by atoms with Crippen LogP contribution in [-0.2, 0) is 10.0 Å². The second-order valence-corrected chi connectivity index (χ2v) is 12.4. The van der Waals surface area contributed by atoms with Gasteiger partial charge in [0.2, 0.25) is 10.0 Å². The molecule has 0 saturated heterocycles. The van der Waals surface area contributed by atoms with Gasteiger partial charge in [-0.2, -0.15) is 0 Å². The van der Waals surface area contributed by atoms with Crippen LogP contribution < -0.4 is 10.5 Å². The number of non-ortho nitro benzene ring substituents is 1. The van der Waals surface area contributed by atoms with Crippen LogP contribution in [0.2, 0.25) is 0 Å². The Bertz CT molecular complexity index is 1520. The number of nitrogens with zero attached hydrogens (tertiary/aromatic N) is 2. The molecule has 0 bridgehead atoms. The van der Waals surface area contributed by atoms with Gasteiger partial charge in [0, 0.05) is 35.1 Å². The number of hydrogen-bond donors (Lipinski definition) is 2. The third-order valence-electron chi connectivity index (χ3n) is 6.89. The van der Waals surface area contributed by atoms with Gasteiger partial charge >= 0.3 is 0 Å². The molecule has 13 heteroatoms. The van der Waals surface area contributed by atoms with Crippen LogP contribution in [-0.4, -0.2) is 28.9 Å². The fraction of sp³-hybridized carbons (Fsp3) is 0.250. The Labute approximate surface area is 221 Å². The summed E-state index contributed by atoms with van der Waals surface area (Å²) in [6.45, 7) is 0. The summed E-state index contributed by atoms with van der Waals surface area (Å²) in [7, 11) is -3.97. The quantitative estimate of drug-likeness (QED) is 0.237. The summed E-state index contributed by atoms with van der Waals surface area (Å²) >= 11 is 8.37. The lowest BCUT2D eigenvalue weighted by atomic mass is 9.77. The van der Waals surface area contributed by atoms with Gasteiger partial charge in [0.25, 0.3) is 11.4 Å². The molecule has 1 saturated carbocycles. The summed E-state index contributed by atoms with van der Waals surface area (Å²) in [5.74, 6) is -0.503. The van der Waals surface area contributed by atoms with Crippen molar-refractivity contribution in [1.29, 1.82) is 0 Å². The number of sulfonamides is 1. The minimum absolute atomic E-state index is 0.0171. The third-order valence-corrected chi connectivity index (χ3v) is 9.92. The first-order chi connectivity index (χ1) is 17.5. The predicted octanol–water partition coefficient (Wildman–Crippen LogP) is 5.19. The number of fused-ring (bicyclic) bond motifs is 3. The molecule has 2 aliphatic rings. The van der Waals surface area contributed by atoms with Gasteiger partial charge in [-0.05, 0) is 47.7 Å². The summed E-state index contributed by atoms with van der Waals surface area (Å²) in [5, 5.41) is 31.1. The predicted molar refractivity (Wildman–Crippen MR) is 141 cm³/mol. The number of nitrogens with two attached hydrogens (primary N) is 1. The number of para-hydroxylation sites is 1. The van der Waals surface area contributed by atoms with Crippen molar-refractivity contribution in [2.75, 3.05) is 5.32 Å². The zero-order valence-corrected chi connectivity index (χ0v) is 21.4. The standard InChI is InChI=1S/C24H21ClN4O6S2/c25-23-21(36-20-7-2-1-6-19(20)29(32)33)12-17-22(23)16-11-15(37(26,34)35)8-9-18(16)27-24(17)13-4-3-5-14(10-13)28(30)31/h1-11,17,21-24,27H,12H2,(H2,26,34,35)/t17-,21+,22-,23+,24-/m0/s1. The van der Waals surface area contributed by atoms with Gasteiger partial charge in [0.1, 0.15) is 0 Å². The fourth-order valence-corrected chi connectivity index (χ4v) is 7.80. The number of alkyl halides is 1. The highest BCUT2D eigenvalue weighted by Crippen LogP contribution is 2.58. The Hall–Kier alpha value is -3.19. The number of anilines is 1. The maximum absolute atomic E-state index is 12.1. The molecule has 3 aromatic carbocycles. The number of halogens is 1. The molecule has 0 amide bonds. The Morgan fingerprint density at radius 2 is 1.76 bits per heavy atom. The van der Waals surface area contributed by atoms with Crippen LogP contribution in [0.5, 0.6) is 0 Å². The lowest BCUT2D eigenvalue weighted by Gasteiger charge is -2.38. The van der Waals surface area contributed by atoms with E-state index in [0.717, 1.165) is 0 Å².